The van der Waals surface area contributed by atoms with Gasteiger partial charge < -0.3 is 10.4 Å². The summed E-state index contributed by atoms with van der Waals surface area (Å²) in [5.41, 5.74) is 0.568. The molecule has 0 fully saturated rings. The zero-order chi connectivity index (χ0) is 17.3. The van der Waals surface area contributed by atoms with E-state index >= 15 is 0 Å². The third-order valence-corrected chi connectivity index (χ3v) is 4.25. The maximum Gasteiger partial charge on any atom is 0.337 e. The Morgan fingerprint density at radius 3 is 2.71 bits per heavy atom. The third-order valence-electron chi connectivity index (χ3n) is 3.27. The summed E-state index contributed by atoms with van der Waals surface area (Å²) in [5.74, 6) is -1.79. The molecule has 0 spiro atoms. The molecule has 2 N–H and O–H groups in total. The number of aromatic carboxylic acids is 1. The van der Waals surface area contributed by atoms with Gasteiger partial charge in [0, 0.05) is 22.0 Å². The first-order chi connectivity index (χ1) is 11.5. The summed E-state index contributed by atoms with van der Waals surface area (Å²) in [6.07, 6.45) is 3.02. The molecule has 1 heterocycles. The molecular weight excluding hydrogens is 448 g/mol. The number of nitrogens with zero attached hydrogens (tertiary/aromatic N) is 2. The van der Waals surface area contributed by atoms with E-state index in [2.05, 4.69) is 33.0 Å². The number of hydrogen-bond donors (Lipinski definition) is 2. The van der Waals surface area contributed by atoms with Gasteiger partial charge in [0.25, 0.3) is 0 Å². The minimum Gasteiger partial charge on any atom is -0.478 e. The quantitative estimate of drug-likeness (QED) is 0.557. The Hall–Kier alpha value is -2.13. The number of carboxylic acid groups (broad SMARTS) is 1. The van der Waals surface area contributed by atoms with Crippen LogP contribution >= 0.6 is 34.2 Å². The van der Waals surface area contributed by atoms with Crippen molar-refractivity contribution in [2.75, 3.05) is 5.32 Å². The minimum atomic E-state index is -1.19. The smallest absolute Gasteiger partial charge is 0.337 e. The monoisotopic (exact) mass is 457 g/mol. The van der Waals surface area contributed by atoms with E-state index in [1.54, 1.807) is 18.2 Å². The zero-order valence-electron chi connectivity index (χ0n) is 12.0. The molecule has 1 aromatic heterocycles. The summed E-state index contributed by atoms with van der Waals surface area (Å²) in [6, 6.07) is 9.21. The van der Waals surface area contributed by atoms with Crippen LogP contribution in [0, 0.1) is 9.39 Å². The van der Waals surface area contributed by atoms with Crippen LogP contribution in [0.25, 0.3) is 5.69 Å². The number of hydrogen-bond acceptors (Lipinski definition) is 3. The van der Waals surface area contributed by atoms with Crippen molar-refractivity contribution >= 4 is 51.5 Å². The van der Waals surface area contributed by atoms with Gasteiger partial charge >= 0.3 is 5.97 Å². The van der Waals surface area contributed by atoms with Crippen molar-refractivity contribution in [2.45, 2.75) is 0 Å². The molecular formula is C16H10ClFIN3O2. The first-order valence-corrected chi connectivity index (χ1v) is 8.20. The van der Waals surface area contributed by atoms with Crippen molar-refractivity contribution in [1.29, 1.82) is 0 Å². The summed E-state index contributed by atoms with van der Waals surface area (Å²) in [7, 11) is 0. The largest absolute Gasteiger partial charge is 0.478 e. The number of benzene rings is 2. The molecule has 3 aromatic rings. The van der Waals surface area contributed by atoms with E-state index in [4.69, 9.17) is 11.6 Å². The summed E-state index contributed by atoms with van der Waals surface area (Å²) >= 11 is 8.25. The predicted octanol–water partition coefficient (Wildman–Crippen LogP) is 4.71. The highest BCUT2D eigenvalue weighted by molar-refractivity contribution is 14.1. The van der Waals surface area contributed by atoms with Gasteiger partial charge in [0.15, 0.2) is 5.82 Å². The number of nitrogens with one attached hydrogen (secondary N) is 1. The lowest BCUT2D eigenvalue weighted by Gasteiger charge is -2.14. The fourth-order valence-corrected chi connectivity index (χ4v) is 3.07. The van der Waals surface area contributed by atoms with Crippen LogP contribution in [0.1, 0.15) is 10.4 Å². The van der Waals surface area contributed by atoms with Gasteiger partial charge in [0.05, 0.1) is 22.0 Å². The molecule has 0 aliphatic carbocycles. The van der Waals surface area contributed by atoms with Gasteiger partial charge in [-0.25, -0.2) is 13.9 Å². The van der Waals surface area contributed by atoms with Crippen LogP contribution in [0.15, 0.2) is 48.8 Å². The van der Waals surface area contributed by atoms with E-state index in [1.807, 2.05) is 6.07 Å². The normalized spacial score (nSPS) is 10.6. The Bertz CT molecular complexity index is 916. The van der Waals surface area contributed by atoms with E-state index < -0.39 is 11.8 Å². The van der Waals surface area contributed by atoms with E-state index in [0.29, 0.717) is 10.7 Å². The van der Waals surface area contributed by atoms with Crippen LogP contribution in [-0.4, -0.2) is 20.9 Å². The second-order valence-electron chi connectivity index (χ2n) is 4.85. The molecule has 0 unspecified atom stereocenters. The standard InChI is InChI=1S/C16H10ClFIN3O2/c17-11-6-9(19)2-3-13(11)21-14-8-12(18)15(7-10(14)16(23)24)22-5-1-4-20-22/h1-8,21H,(H,23,24). The molecule has 0 aliphatic heterocycles. The van der Waals surface area contributed by atoms with Crippen LogP contribution < -0.4 is 5.32 Å². The maximum absolute atomic E-state index is 14.4. The zero-order valence-corrected chi connectivity index (χ0v) is 14.9. The molecule has 0 aliphatic rings. The third kappa shape index (κ3) is 3.36. The molecule has 0 saturated heterocycles. The van der Waals surface area contributed by atoms with Crippen LogP contribution in [0.3, 0.4) is 0 Å². The molecule has 5 nitrogen and oxygen atoms in total. The van der Waals surface area contributed by atoms with Gasteiger partial charge in [-0.2, -0.15) is 5.10 Å². The highest BCUT2D eigenvalue weighted by Crippen LogP contribution is 2.30. The maximum atomic E-state index is 14.4. The van der Waals surface area contributed by atoms with Crippen LogP contribution in [0.4, 0.5) is 15.8 Å². The fraction of sp³-hybridized carbons (Fsp3) is 0. The lowest BCUT2D eigenvalue weighted by atomic mass is 10.1. The average Bonchev–Trinajstić information content (AvgIpc) is 3.04. The summed E-state index contributed by atoms with van der Waals surface area (Å²) in [5, 5.41) is 16.7. The van der Waals surface area contributed by atoms with Crippen molar-refractivity contribution in [3.05, 3.63) is 68.8 Å². The second kappa shape index (κ2) is 6.78. The Morgan fingerprint density at radius 1 is 1.29 bits per heavy atom. The Labute approximate surface area is 155 Å². The van der Waals surface area contributed by atoms with Crippen molar-refractivity contribution in [2.24, 2.45) is 0 Å². The van der Waals surface area contributed by atoms with Crippen LogP contribution in [0.2, 0.25) is 5.02 Å². The van der Waals surface area contributed by atoms with E-state index in [0.717, 1.165) is 9.64 Å². The number of rotatable bonds is 4. The number of aromatic nitrogens is 2. The van der Waals surface area contributed by atoms with Gasteiger partial charge in [0.1, 0.15) is 5.69 Å². The molecule has 3 rings (SSSR count). The SMILES string of the molecule is O=C(O)c1cc(-n2cccn2)c(F)cc1Nc1ccc(I)cc1Cl. The van der Waals surface area contributed by atoms with Crippen molar-refractivity contribution in [3.8, 4) is 5.69 Å². The highest BCUT2D eigenvalue weighted by atomic mass is 127. The molecule has 0 atom stereocenters. The van der Waals surface area contributed by atoms with E-state index in [-0.39, 0.29) is 16.9 Å². The summed E-state index contributed by atoms with van der Waals surface area (Å²) in [6.45, 7) is 0. The first-order valence-electron chi connectivity index (χ1n) is 6.74. The van der Waals surface area contributed by atoms with Crippen molar-refractivity contribution in [1.82, 2.24) is 9.78 Å². The minimum absolute atomic E-state index is 0.0525. The molecule has 24 heavy (non-hydrogen) atoms. The summed E-state index contributed by atoms with van der Waals surface area (Å²) < 4.78 is 16.6. The van der Waals surface area contributed by atoms with Crippen molar-refractivity contribution in [3.63, 3.8) is 0 Å². The number of carbonyl (C=O) groups is 1. The lowest BCUT2D eigenvalue weighted by molar-refractivity contribution is 0.0698. The van der Waals surface area contributed by atoms with Gasteiger partial charge in [-0.05, 0) is 52.9 Å². The molecule has 122 valence electrons. The Morgan fingerprint density at radius 2 is 2.08 bits per heavy atom. The molecule has 8 heteroatoms. The van der Waals surface area contributed by atoms with Crippen molar-refractivity contribution < 1.29 is 14.3 Å². The van der Waals surface area contributed by atoms with Gasteiger partial charge in [-0.3, -0.25) is 0 Å². The molecule has 0 saturated carbocycles. The fourth-order valence-electron chi connectivity index (χ4n) is 2.17. The van der Waals surface area contributed by atoms with Crippen LogP contribution in [-0.2, 0) is 0 Å². The van der Waals surface area contributed by atoms with E-state index in [9.17, 15) is 14.3 Å². The predicted molar refractivity (Wildman–Crippen MR) is 97.9 cm³/mol. The van der Waals surface area contributed by atoms with Gasteiger partial charge in [-0.15, -0.1) is 0 Å². The van der Waals surface area contributed by atoms with Gasteiger partial charge in [0.2, 0.25) is 0 Å². The average molecular weight is 458 g/mol. The molecule has 2 aromatic carbocycles. The first kappa shape index (κ1) is 16.7. The number of carboxylic acids is 1. The molecule has 0 radical (unpaired) electrons. The number of halogens is 3. The van der Waals surface area contributed by atoms with Crippen LogP contribution in [0.5, 0.6) is 0 Å². The summed E-state index contributed by atoms with van der Waals surface area (Å²) in [4.78, 5) is 11.6. The molecule has 0 amide bonds. The Balaban J connectivity index is 2.07. The van der Waals surface area contributed by atoms with Gasteiger partial charge in [-0.1, -0.05) is 11.6 Å². The highest BCUT2D eigenvalue weighted by Gasteiger charge is 2.17. The lowest BCUT2D eigenvalue weighted by Crippen LogP contribution is -2.07. The van der Waals surface area contributed by atoms with E-state index in [1.165, 1.54) is 23.1 Å². The molecule has 0 bridgehead atoms. The Kier molecular flexibility index (Phi) is 4.72. The second-order valence-corrected chi connectivity index (χ2v) is 6.51. The number of anilines is 2. The topological polar surface area (TPSA) is 67.1 Å².